The van der Waals surface area contributed by atoms with Crippen LogP contribution in [0.1, 0.15) is 44.1 Å². The van der Waals surface area contributed by atoms with E-state index in [4.69, 9.17) is 4.42 Å². The van der Waals surface area contributed by atoms with E-state index in [0.29, 0.717) is 17.3 Å². The molecule has 0 aliphatic carbocycles. The number of carbonyl (C=O) groups excluding carboxylic acids is 1. The van der Waals surface area contributed by atoms with Crippen LogP contribution in [0.2, 0.25) is 0 Å². The van der Waals surface area contributed by atoms with Crippen molar-refractivity contribution in [3.8, 4) is 11.5 Å². The Labute approximate surface area is 120 Å². The van der Waals surface area contributed by atoms with Crippen molar-refractivity contribution < 1.29 is 13.9 Å². The molecule has 0 unspecified atom stereocenters. The van der Waals surface area contributed by atoms with E-state index in [1.165, 1.54) is 7.11 Å². The van der Waals surface area contributed by atoms with E-state index in [2.05, 4.69) is 14.7 Å². The third kappa shape index (κ3) is 4.50. The van der Waals surface area contributed by atoms with Gasteiger partial charge in [0.05, 0.1) is 7.11 Å². The number of nitrogens with zero attached hydrogens (tertiary/aromatic N) is 2. The molecule has 0 radical (unpaired) electrons. The second kappa shape index (κ2) is 9.72. The van der Waals surface area contributed by atoms with Crippen LogP contribution in [-0.2, 0) is 4.74 Å². The van der Waals surface area contributed by atoms with Gasteiger partial charge in [-0.05, 0) is 12.1 Å². The summed E-state index contributed by atoms with van der Waals surface area (Å²) in [6, 6.07) is 5.33. The Hall–Kier alpha value is -2.17. The average molecular weight is 278 g/mol. The predicted octanol–water partition coefficient (Wildman–Crippen LogP) is 3.88. The molecule has 0 bridgehead atoms. The highest BCUT2D eigenvalue weighted by molar-refractivity contribution is 5.93. The molecule has 5 heteroatoms. The van der Waals surface area contributed by atoms with Gasteiger partial charge in [0.25, 0.3) is 0 Å². The number of ether oxygens (including phenoxy) is 1. The number of aryl methyl sites for hydroxylation is 1. The lowest BCUT2D eigenvalue weighted by atomic mass is 10.2. The summed E-state index contributed by atoms with van der Waals surface area (Å²) < 4.78 is 9.97. The van der Waals surface area contributed by atoms with Crippen LogP contribution in [0.5, 0.6) is 0 Å². The second-order valence-electron chi connectivity index (χ2n) is 3.12. The van der Waals surface area contributed by atoms with Gasteiger partial charge in [-0.15, -0.1) is 0 Å². The number of oxazole rings is 1. The first-order chi connectivity index (χ1) is 9.72. The molecule has 0 aliphatic rings. The summed E-state index contributed by atoms with van der Waals surface area (Å²) in [6.07, 6.45) is 1.62. The van der Waals surface area contributed by atoms with E-state index in [9.17, 15) is 4.79 Å². The monoisotopic (exact) mass is 278 g/mol. The maximum Gasteiger partial charge on any atom is 0.360 e. The largest absolute Gasteiger partial charge is 0.464 e. The molecule has 5 nitrogen and oxygen atoms in total. The van der Waals surface area contributed by atoms with Crippen LogP contribution in [0.15, 0.2) is 28.8 Å². The molecular weight excluding hydrogens is 256 g/mol. The minimum absolute atomic E-state index is 0.152. The minimum Gasteiger partial charge on any atom is -0.464 e. The Morgan fingerprint density at radius 2 is 1.85 bits per heavy atom. The third-order valence-corrected chi connectivity index (χ3v) is 2.01. The Morgan fingerprint density at radius 3 is 2.35 bits per heavy atom. The van der Waals surface area contributed by atoms with Gasteiger partial charge in [0, 0.05) is 13.1 Å². The summed E-state index contributed by atoms with van der Waals surface area (Å²) >= 11 is 0. The third-order valence-electron chi connectivity index (χ3n) is 2.01. The van der Waals surface area contributed by atoms with Crippen molar-refractivity contribution in [1.29, 1.82) is 0 Å². The van der Waals surface area contributed by atoms with E-state index in [1.54, 1.807) is 31.3 Å². The highest BCUT2D eigenvalue weighted by atomic mass is 16.5. The van der Waals surface area contributed by atoms with Crippen LogP contribution >= 0.6 is 0 Å². The van der Waals surface area contributed by atoms with Gasteiger partial charge in [-0.1, -0.05) is 33.8 Å². The molecule has 0 spiro atoms. The van der Waals surface area contributed by atoms with Crippen LogP contribution in [0.25, 0.3) is 11.5 Å². The molecule has 0 amide bonds. The van der Waals surface area contributed by atoms with E-state index in [1.807, 2.05) is 27.7 Å². The first kappa shape index (κ1) is 17.8. The van der Waals surface area contributed by atoms with Crippen molar-refractivity contribution in [3.63, 3.8) is 0 Å². The van der Waals surface area contributed by atoms with E-state index in [0.717, 1.165) is 0 Å². The smallest absolute Gasteiger partial charge is 0.360 e. The van der Waals surface area contributed by atoms with Gasteiger partial charge in [0.15, 0.2) is 17.3 Å². The zero-order chi connectivity index (χ0) is 15.5. The topological polar surface area (TPSA) is 65.2 Å². The quantitative estimate of drug-likeness (QED) is 0.780. The molecule has 2 heterocycles. The van der Waals surface area contributed by atoms with Crippen LogP contribution in [-0.4, -0.2) is 23.0 Å². The molecule has 0 aromatic carbocycles. The highest BCUT2D eigenvalue weighted by Gasteiger charge is 2.21. The fraction of sp³-hybridized carbons (Fsp3) is 0.400. The summed E-state index contributed by atoms with van der Waals surface area (Å²) in [5.74, 6) is 0.212. The summed E-state index contributed by atoms with van der Waals surface area (Å²) in [7, 11) is 1.30. The Balaban J connectivity index is 0.000000829. The lowest BCUT2D eigenvalue weighted by Crippen LogP contribution is -2.03. The standard InChI is InChI=1S/C11H10N2O3.2C2H6/c1-7-13-9(11(14)15-2)10(16-7)8-5-3-4-6-12-8;2*1-2/h3-6H,1-2H3;2*1-2H3. The maximum absolute atomic E-state index is 11.4. The summed E-state index contributed by atoms with van der Waals surface area (Å²) in [5, 5.41) is 0. The average Bonchev–Trinajstić information content (AvgIpc) is 2.93. The van der Waals surface area contributed by atoms with Gasteiger partial charge in [-0.2, -0.15) is 0 Å². The first-order valence-electron chi connectivity index (χ1n) is 6.69. The molecule has 0 atom stereocenters. The molecule has 0 saturated carbocycles. The van der Waals surface area contributed by atoms with Gasteiger partial charge in [-0.3, -0.25) is 4.98 Å². The Kier molecular flexibility index (Phi) is 8.67. The van der Waals surface area contributed by atoms with Crippen molar-refractivity contribution in [2.24, 2.45) is 0 Å². The number of methoxy groups -OCH3 is 1. The van der Waals surface area contributed by atoms with Gasteiger partial charge < -0.3 is 9.15 Å². The van der Waals surface area contributed by atoms with Crippen LogP contribution in [0.4, 0.5) is 0 Å². The first-order valence-corrected chi connectivity index (χ1v) is 6.69. The summed E-state index contributed by atoms with van der Waals surface area (Å²) in [5.41, 5.74) is 0.710. The van der Waals surface area contributed by atoms with Gasteiger partial charge in [0.1, 0.15) is 5.69 Å². The molecule has 0 saturated heterocycles. The Morgan fingerprint density at radius 1 is 1.20 bits per heavy atom. The van der Waals surface area contributed by atoms with Crippen LogP contribution < -0.4 is 0 Å². The molecule has 0 N–H and O–H groups in total. The van der Waals surface area contributed by atoms with Gasteiger partial charge in [-0.25, -0.2) is 9.78 Å². The SMILES string of the molecule is CC.CC.COC(=O)c1nc(C)oc1-c1ccccn1. The van der Waals surface area contributed by atoms with Gasteiger partial charge >= 0.3 is 5.97 Å². The predicted molar refractivity (Wildman–Crippen MR) is 78.5 cm³/mol. The fourth-order valence-corrected chi connectivity index (χ4v) is 1.33. The number of pyridine rings is 1. The van der Waals surface area contributed by atoms with E-state index < -0.39 is 5.97 Å². The number of hydrogen-bond donors (Lipinski definition) is 0. The van der Waals surface area contributed by atoms with Crippen LogP contribution in [0.3, 0.4) is 0 Å². The number of carbonyl (C=O) groups is 1. The summed E-state index contributed by atoms with van der Waals surface area (Å²) in [4.78, 5) is 19.5. The summed E-state index contributed by atoms with van der Waals surface area (Å²) in [6.45, 7) is 9.67. The number of esters is 1. The molecule has 2 rings (SSSR count). The van der Waals surface area contributed by atoms with Crippen molar-refractivity contribution in [1.82, 2.24) is 9.97 Å². The maximum atomic E-state index is 11.4. The van der Waals surface area contributed by atoms with E-state index in [-0.39, 0.29) is 5.69 Å². The lowest BCUT2D eigenvalue weighted by molar-refractivity contribution is 0.0595. The molecule has 0 fully saturated rings. The number of aromatic nitrogens is 2. The van der Waals surface area contributed by atoms with Gasteiger partial charge in [0.2, 0.25) is 0 Å². The zero-order valence-corrected chi connectivity index (χ0v) is 12.9. The lowest BCUT2D eigenvalue weighted by Gasteiger charge is -1.97. The molecule has 0 aliphatic heterocycles. The van der Waals surface area contributed by atoms with Crippen molar-refractivity contribution in [3.05, 3.63) is 36.0 Å². The molecule has 20 heavy (non-hydrogen) atoms. The number of hydrogen-bond acceptors (Lipinski definition) is 5. The zero-order valence-electron chi connectivity index (χ0n) is 12.9. The molecule has 2 aromatic rings. The normalized spacial score (nSPS) is 8.70. The minimum atomic E-state index is -0.530. The van der Waals surface area contributed by atoms with Crippen molar-refractivity contribution >= 4 is 5.97 Å². The van der Waals surface area contributed by atoms with Crippen molar-refractivity contribution in [2.75, 3.05) is 7.11 Å². The molecule has 110 valence electrons. The Bertz CT molecular complexity index is 507. The number of rotatable bonds is 2. The second-order valence-corrected chi connectivity index (χ2v) is 3.12. The molecular formula is C15H22N2O3. The van der Waals surface area contributed by atoms with Crippen LogP contribution in [0, 0.1) is 6.92 Å². The fourth-order valence-electron chi connectivity index (χ4n) is 1.33. The molecule has 2 aromatic heterocycles. The highest BCUT2D eigenvalue weighted by Crippen LogP contribution is 2.23. The van der Waals surface area contributed by atoms with E-state index >= 15 is 0 Å². The van der Waals surface area contributed by atoms with Crippen molar-refractivity contribution in [2.45, 2.75) is 34.6 Å².